The fourth-order valence-corrected chi connectivity index (χ4v) is 2.46. The Labute approximate surface area is 177 Å². The summed E-state index contributed by atoms with van der Waals surface area (Å²) >= 11 is 0. The number of alkyl halides is 3. The second kappa shape index (κ2) is 12.7. The third-order valence-corrected chi connectivity index (χ3v) is 4.06. The Bertz CT molecular complexity index is 755. The molecule has 31 heavy (non-hydrogen) atoms. The molecule has 0 saturated heterocycles. The van der Waals surface area contributed by atoms with E-state index in [4.69, 9.17) is 15.2 Å². The fourth-order valence-electron chi connectivity index (χ4n) is 2.46. The van der Waals surface area contributed by atoms with Crippen LogP contribution in [-0.2, 0) is 23.9 Å². The minimum Gasteiger partial charge on any atom is -0.463 e. The van der Waals surface area contributed by atoms with Crippen molar-refractivity contribution in [3.8, 4) is 0 Å². The predicted octanol–water partition coefficient (Wildman–Crippen LogP) is 1.91. The van der Waals surface area contributed by atoms with Crippen molar-refractivity contribution in [1.29, 1.82) is 0 Å². The van der Waals surface area contributed by atoms with Gasteiger partial charge in [0.25, 0.3) is 0 Å². The maximum Gasteiger partial charge on any atom is 0.471 e. The van der Waals surface area contributed by atoms with E-state index in [2.05, 4.69) is 0 Å². The topological polar surface area (TPSA) is 125 Å². The highest BCUT2D eigenvalue weighted by molar-refractivity contribution is 5.99. The average molecular weight is 446 g/mol. The normalized spacial score (nSPS) is 13.1. The molecule has 0 aliphatic rings. The summed E-state index contributed by atoms with van der Waals surface area (Å²) in [6.45, 7) is 1.33. The Kier molecular flexibility index (Phi) is 10.7. The van der Waals surface area contributed by atoms with Crippen molar-refractivity contribution < 1.29 is 41.8 Å². The van der Waals surface area contributed by atoms with Crippen molar-refractivity contribution in [1.82, 2.24) is 5.32 Å². The molecule has 0 radical (unpaired) electrons. The van der Waals surface area contributed by atoms with E-state index in [1.165, 1.54) is 0 Å². The summed E-state index contributed by atoms with van der Waals surface area (Å²) in [5.41, 5.74) is 6.05. The summed E-state index contributed by atoms with van der Waals surface area (Å²) in [5, 5.41) is 1.70. The minimum absolute atomic E-state index is 0.0160. The number of nitrogens with two attached hydrogens (primary N) is 1. The fraction of sp³-hybridized carbons (Fsp3) is 0.500. The van der Waals surface area contributed by atoms with Gasteiger partial charge in [0.15, 0.2) is 5.78 Å². The van der Waals surface area contributed by atoms with Gasteiger partial charge in [0, 0.05) is 12.1 Å². The number of halogens is 3. The maximum absolute atomic E-state index is 12.3. The van der Waals surface area contributed by atoms with Crippen LogP contribution in [-0.4, -0.2) is 55.1 Å². The Hall–Kier alpha value is -2.95. The number of nitrogens with one attached hydrogen (secondary N) is 1. The average Bonchev–Trinajstić information content (AvgIpc) is 2.72. The van der Waals surface area contributed by atoms with Crippen molar-refractivity contribution >= 4 is 23.6 Å². The number of benzene rings is 1. The molecule has 0 saturated carbocycles. The molecule has 0 spiro atoms. The van der Waals surface area contributed by atoms with Crippen LogP contribution < -0.4 is 11.1 Å². The number of rotatable bonds is 12. The second-order valence-corrected chi connectivity index (χ2v) is 6.53. The first-order valence-corrected chi connectivity index (χ1v) is 9.62. The molecule has 11 heteroatoms. The SMILES string of the molecule is CCOC(=O)C(CC(=O)c1ccccc1)OC(=O)[C@@H](N)CCCCNC(=O)C(F)(F)F. The van der Waals surface area contributed by atoms with Crippen LogP contribution in [0.4, 0.5) is 13.2 Å². The Morgan fingerprint density at radius 3 is 2.29 bits per heavy atom. The van der Waals surface area contributed by atoms with E-state index in [0.717, 1.165) is 0 Å². The summed E-state index contributed by atoms with van der Waals surface area (Å²) < 4.78 is 46.2. The zero-order valence-electron chi connectivity index (χ0n) is 16.9. The summed E-state index contributed by atoms with van der Waals surface area (Å²) in [6, 6.07) is 6.94. The minimum atomic E-state index is -4.96. The molecule has 3 N–H and O–H groups in total. The van der Waals surface area contributed by atoms with Gasteiger partial charge in [0.05, 0.1) is 13.0 Å². The number of esters is 2. The van der Waals surface area contributed by atoms with Gasteiger partial charge in [-0.05, 0) is 26.2 Å². The van der Waals surface area contributed by atoms with Crippen molar-refractivity contribution in [3.05, 3.63) is 35.9 Å². The van der Waals surface area contributed by atoms with Crippen molar-refractivity contribution in [2.24, 2.45) is 5.73 Å². The zero-order valence-corrected chi connectivity index (χ0v) is 16.9. The van der Waals surface area contributed by atoms with E-state index in [1.807, 2.05) is 0 Å². The van der Waals surface area contributed by atoms with Crippen molar-refractivity contribution in [2.75, 3.05) is 13.2 Å². The first kappa shape index (κ1) is 26.1. The van der Waals surface area contributed by atoms with Crippen LogP contribution >= 0.6 is 0 Å². The lowest BCUT2D eigenvalue weighted by atomic mass is 10.0. The molecule has 0 heterocycles. The molecule has 8 nitrogen and oxygen atoms in total. The largest absolute Gasteiger partial charge is 0.471 e. The number of unbranched alkanes of at least 4 members (excludes halogenated alkanes) is 1. The van der Waals surface area contributed by atoms with Crippen LogP contribution in [0.3, 0.4) is 0 Å². The van der Waals surface area contributed by atoms with Gasteiger partial charge in [-0.25, -0.2) is 4.79 Å². The number of ketones is 1. The number of Topliss-reactive ketones (excluding diaryl/α,β-unsaturated/α-hetero) is 1. The number of carbonyl (C=O) groups is 4. The molecular weight excluding hydrogens is 421 g/mol. The first-order valence-electron chi connectivity index (χ1n) is 9.62. The van der Waals surface area contributed by atoms with Gasteiger partial charge in [-0.3, -0.25) is 14.4 Å². The Morgan fingerprint density at radius 2 is 1.71 bits per heavy atom. The molecule has 1 aromatic rings. The summed E-state index contributed by atoms with van der Waals surface area (Å²) in [4.78, 5) is 47.3. The molecule has 0 bridgehead atoms. The quantitative estimate of drug-likeness (QED) is 0.285. The molecule has 1 aromatic carbocycles. The zero-order chi connectivity index (χ0) is 23.4. The Balaban J connectivity index is 2.54. The Morgan fingerprint density at radius 1 is 1.06 bits per heavy atom. The standard InChI is InChI=1S/C20H25F3N2O6/c1-2-30-18(28)16(12-15(26)13-8-4-3-5-9-13)31-17(27)14(24)10-6-7-11-25-19(29)20(21,22)23/h3-5,8-9,14,16H,2,6-7,10-12,24H2,1H3,(H,25,29)/t14-,16?/m0/s1. The smallest absolute Gasteiger partial charge is 0.463 e. The number of carbonyl (C=O) groups excluding carboxylic acids is 4. The number of hydrogen-bond donors (Lipinski definition) is 2. The van der Waals surface area contributed by atoms with Crippen LogP contribution in [0.1, 0.15) is 43.0 Å². The molecule has 1 rings (SSSR count). The van der Waals surface area contributed by atoms with Crippen molar-refractivity contribution in [2.45, 2.75) is 50.9 Å². The highest BCUT2D eigenvalue weighted by atomic mass is 19.4. The lowest BCUT2D eigenvalue weighted by Crippen LogP contribution is -2.39. The van der Waals surface area contributed by atoms with Gasteiger partial charge in [-0.1, -0.05) is 30.3 Å². The van der Waals surface area contributed by atoms with E-state index < -0.39 is 48.4 Å². The monoisotopic (exact) mass is 446 g/mol. The molecule has 0 aliphatic heterocycles. The third kappa shape index (κ3) is 9.60. The van der Waals surface area contributed by atoms with E-state index in [-0.39, 0.29) is 32.4 Å². The molecule has 2 atom stereocenters. The predicted molar refractivity (Wildman–Crippen MR) is 103 cm³/mol. The van der Waals surface area contributed by atoms with Gasteiger partial charge in [-0.2, -0.15) is 13.2 Å². The highest BCUT2D eigenvalue weighted by Gasteiger charge is 2.38. The number of ether oxygens (including phenoxy) is 2. The summed E-state index contributed by atoms with van der Waals surface area (Å²) in [6.07, 6.45) is -6.44. The van der Waals surface area contributed by atoms with E-state index in [9.17, 15) is 32.3 Å². The molecule has 0 aliphatic carbocycles. The third-order valence-electron chi connectivity index (χ3n) is 4.06. The van der Waals surface area contributed by atoms with Gasteiger partial charge in [-0.15, -0.1) is 0 Å². The van der Waals surface area contributed by atoms with Crippen LogP contribution in [0.5, 0.6) is 0 Å². The van der Waals surface area contributed by atoms with E-state index in [0.29, 0.717) is 5.56 Å². The maximum atomic E-state index is 12.3. The van der Waals surface area contributed by atoms with Gasteiger partial charge in [0.2, 0.25) is 6.10 Å². The second-order valence-electron chi connectivity index (χ2n) is 6.53. The lowest BCUT2D eigenvalue weighted by Gasteiger charge is -2.18. The van der Waals surface area contributed by atoms with Gasteiger partial charge < -0.3 is 20.5 Å². The van der Waals surface area contributed by atoms with Crippen LogP contribution in [0.25, 0.3) is 0 Å². The molecule has 0 fully saturated rings. The van der Waals surface area contributed by atoms with Crippen molar-refractivity contribution in [3.63, 3.8) is 0 Å². The molecule has 172 valence electrons. The van der Waals surface area contributed by atoms with Gasteiger partial charge >= 0.3 is 24.0 Å². The van der Waals surface area contributed by atoms with Crippen LogP contribution in [0.2, 0.25) is 0 Å². The molecule has 0 aromatic heterocycles. The molecule has 1 amide bonds. The number of hydrogen-bond acceptors (Lipinski definition) is 7. The van der Waals surface area contributed by atoms with E-state index in [1.54, 1.807) is 42.6 Å². The molecular formula is C20H25F3N2O6. The number of amides is 1. The lowest BCUT2D eigenvalue weighted by molar-refractivity contribution is -0.173. The first-order chi connectivity index (χ1) is 14.6. The summed E-state index contributed by atoms with van der Waals surface area (Å²) in [7, 11) is 0. The van der Waals surface area contributed by atoms with Crippen LogP contribution in [0, 0.1) is 0 Å². The summed E-state index contributed by atoms with van der Waals surface area (Å²) in [5.74, 6) is -4.31. The molecule has 1 unspecified atom stereocenters. The van der Waals surface area contributed by atoms with Crippen LogP contribution in [0.15, 0.2) is 30.3 Å². The highest BCUT2D eigenvalue weighted by Crippen LogP contribution is 2.14. The van der Waals surface area contributed by atoms with E-state index >= 15 is 0 Å². The van der Waals surface area contributed by atoms with Gasteiger partial charge in [0.1, 0.15) is 6.04 Å².